The van der Waals surface area contributed by atoms with Gasteiger partial charge in [0.2, 0.25) is 5.91 Å². The molecule has 0 aromatic heterocycles. The Labute approximate surface area is 200 Å². The number of carbonyl (C=O) groups is 2. The molecule has 1 aromatic rings. The molecule has 1 N–H and O–H groups in total. The molecule has 1 unspecified atom stereocenters. The number of likely N-dealkylation sites (tertiary alicyclic amines) is 1. The third-order valence-corrected chi connectivity index (χ3v) is 6.67. The molecule has 4 nitrogen and oxygen atoms in total. The predicted octanol–water partition coefficient (Wildman–Crippen LogP) is 6.73. The highest BCUT2D eigenvalue weighted by molar-refractivity contribution is 6.31. The summed E-state index contributed by atoms with van der Waals surface area (Å²) in [6, 6.07) is 5.95. The Morgan fingerprint density at radius 1 is 1.41 bits per heavy atom. The number of halogens is 2. The lowest BCUT2D eigenvalue weighted by atomic mass is 9.67. The van der Waals surface area contributed by atoms with Crippen LogP contribution in [0.4, 0.5) is 0 Å². The Morgan fingerprint density at radius 3 is 2.62 bits per heavy atom. The van der Waals surface area contributed by atoms with E-state index in [0.29, 0.717) is 28.5 Å². The number of carboxylic acids is 1. The molecule has 1 aliphatic heterocycles. The number of hydrogen-bond donors (Lipinski definition) is 1. The number of benzene rings is 1. The highest BCUT2D eigenvalue weighted by Gasteiger charge is 2.52. The molecule has 2 rings (SSSR count). The van der Waals surface area contributed by atoms with E-state index < -0.39 is 23.5 Å². The summed E-state index contributed by atoms with van der Waals surface area (Å²) in [5.41, 5.74) is 0.755. The van der Waals surface area contributed by atoms with E-state index in [-0.39, 0.29) is 18.2 Å². The molecule has 0 aliphatic carbocycles. The van der Waals surface area contributed by atoms with Gasteiger partial charge in [0.25, 0.3) is 0 Å². The van der Waals surface area contributed by atoms with Crippen LogP contribution >= 0.6 is 23.2 Å². The molecule has 1 aliphatic rings. The van der Waals surface area contributed by atoms with E-state index in [4.69, 9.17) is 23.2 Å². The molecule has 1 fully saturated rings. The van der Waals surface area contributed by atoms with E-state index in [2.05, 4.69) is 13.2 Å². The van der Waals surface area contributed by atoms with Crippen molar-refractivity contribution in [2.24, 2.45) is 5.41 Å². The fraction of sp³-hybridized carbons (Fsp3) is 0.385. The average Bonchev–Trinajstić information content (AvgIpc) is 2.75. The number of rotatable bonds is 9. The Kier molecular flexibility index (Phi) is 8.94. The van der Waals surface area contributed by atoms with Crippen molar-refractivity contribution in [1.82, 2.24) is 4.90 Å². The minimum Gasteiger partial charge on any atom is -0.480 e. The van der Waals surface area contributed by atoms with Crippen LogP contribution in [0.5, 0.6) is 0 Å². The monoisotopic (exact) mass is 475 g/mol. The largest absolute Gasteiger partial charge is 0.480 e. The highest BCUT2D eigenvalue weighted by atomic mass is 35.5. The van der Waals surface area contributed by atoms with Crippen LogP contribution in [-0.4, -0.2) is 34.0 Å². The molecular weight excluding hydrogens is 445 g/mol. The Balaban J connectivity index is 2.73. The maximum atomic E-state index is 13.8. The first-order chi connectivity index (χ1) is 15.1. The number of carbonyl (C=O) groups excluding carboxylic acids is 1. The van der Waals surface area contributed by atoms with E-state index in [1.165, 1.54) is 4.90 Å². The first kappa shape index (κ1) is 26.0. The molecule has 1 saturated heterocycles. The van der Waals surface area contributed by atoms with Crippen molar-refractivity contribution < 1.29 is 14.7 Å². The van der Waals surface area contributed by atoms with Crippen LogP contribution in [-0.2, 0) is 9.59 Å². The summed E-state index contributed by atoms with van der Waals surface area (Å²) in [5.74, 6) is -1.45. The zero-order valence-electron chi connectivity index (χ0n) is 18.9. The molecular formula is C26H31Cl2NO3. The van der Waals surface area contributed by atoms with Gasteiger partial charge in [0.1, 0.15) is 6.04 Å². The van der Waals surface area contributed by atoms with Gasteiger partial charge in [-0.2, -0.15) is 0 Å². The number of piperidine rings is 1. The van der Waals surface area contributed by atoms with E-state index >= 15 is 0 Å². The van der Waals surface area contributed by atoms with Crippen LogP contribution in [0.25, 0.3) is 0 Å². The maximum absolute atomic E-state index is 13.8. The Hall–Kier alpha value is -2.30. The van der Waals surface area contributed by atoms with Gasteiger partial charge >= 0.3 is 5.97 Å². The van der Waals surface area contributed by atoms with Crippen LogP contribution in [0.3, 0.4) is 0 Å². The van der Waals surface area contributed by atoms with Crippen LogP contribution in [0.2, 0.25) is 5.02 Å². The van der Waals surface area contributed by atoms with Gasteiger partial charge in [-0.15, -0.1) is 6.58 Å². The van der Waals surface area contributed by atoms with E-state index in [0.717, 1.165) is 5.56 Å². The van der Waals surface area contributed by atoms with Gasteiger partial charge in [0.15, 0.2) is 0 Å². The van der Waals surface area contributed by atoms with E-state index in [9.17, 15) is 14.7 Å². The van der Waals surface area contributed by atoms with E-state index in [1.54, 1.807) is 37.3 Å². The Bertz CT molecular complexity index is 952. The van der Waals surface area contributed by atoms with Gasteiger partial charge in [0, 0.05) is 16.0 Å². The van der Waals surface area contributed by atoms with Crippen LogP contribution in [0.15, 0.2) is 72.3 Å². The summed E-state index contributed by atoms with van der Waals surface area (Å²) < 4.78 is 0. The number of carboxylic acid groups (broad SMARTS) is 1. The van der Waals surface area contributed by atoms with Crippen molar-refractivity contribution in [2.45, 2.75) is 58.0 Å². The van der Waals surface area contributed by atoms with Crippen molar-refractivity contribution in [3.8, 4) is 0 Å². The summed E-state index contributed by atoms with van der Waals surface area (Å²) in [4.78, 5) is 27.5. The molecule has 6 heteroatoms. The standard InChI is InChI=1S/C26H31Cl2NO3/c1-6-14-26(5)16-21(18-10-9-11-20(28)15-18)23(17(4)12-13-19(27)7-2)29(25(26)32)22(8-3)24(30)31/h6-7,9-13,15,21-23H,1,4,8,14,16H2,2-3,5H3,(H,30,31)/b13-12-,19-7+/t21-,22?,23-,26+/m1/s1. The summed E-state index contributed by atoms with van der Waals surface area (Å²) >= 11 is 12.4. The van der Waals surface area contributed by atoms with Crippen molar-refractivity contribution in [2.75, 3.05) is 0 Å². The van der Waals surface area contributed by atoms with Crippen molar-refractivity contribution in [1.29, 1.82) is 0 Å². The van der Waals surface area contributed by atoms with Gasteiger partial charge in [0.05, 0.1) is 11.5 Å². The predicted molar refractivity (Wildman–Crippen MR) is 132 cm³/mol. The minimum atomic E-state index is -1.04. The lowest BCUT2D eigenvalue weighted by Gasteiger charge is -2.51. The van der Waals surface area contributed by atoms with Crippen molar-refractivity contribution >= 4 is 35.1 Å². The molecule has 172 valence electrons. The van der Waals surface area contributed by atoms with Crippen LogP contribution in [0, 0.1) is 5.41 Å². The van der Waals surface area contributed by atoms with Gasteiger partial charge < -0.3 is 10.0 Å². The number of nitrogens with zero attached hydrogens (tertiary/aromatic N) is 1. The SMILES string of the molecule is C=CC[C@@]1(C)C[C@H](c2cccc(Cl)c2)[C@@H](C(=C)/C=C\C(Cl)=C/C)N(C(CC)C(=O)O)C1=O. The summed E-state index contributed by atoms with van der Waals surface area (Å²) in [5, 5.41) is 11.1. The molecule has 0 bridgehead atoms. The molecule has 32 heavy (non-hydrogen) atoms. The van der Waals surface area contributed by atoms with Crippen molar-refractivity contribution in [3.63, 3.8) is 0 Å². The second-order valence-corrected chi connectivity index (χ2v) is 9.29. The molecule has 1 amide bonds. The first-order valence-electron chi connectivity index (χ1n) is 10.7. The summed E-state index contributed by atoms with van der Waals surface area (Å²) in [6.07, 6.45) is 8.16. The van der Waals surface area contributed by atoms with E-state index in [1.807, 2.05) is 32.0 Å². The van der Waals surface area contributed by atoms with Crippen molar-refractivity contribution in [3.05, 3.63) is 82.9 Å². The smallest absolute Gasteiger partial charge is 0.326 e. The second kappa shape index (κ2) is 11.0. The number of hydrogen-bond acceptors (Lipinski definition) is 2. The molecule has 0 saturated carbocycles. The number of allylic oxidation sites excluding steroid dienone is 4. The lowest BCUT2D eigenvalue weighted by Crippen LogP contribution is -2.61. The summed E-state index contributed by atoms with van der Waals surface area (Å²) in [7, 11) is 0. The third-order valence-electron chi connectivity index (χ3n) is 6.09. The van der Waals surface area contributed by atoms with Gasteiger partial charge in [-0.3, -0.25) is 4.79 Å². The quantitative estimate of drug-likeness (QED) is 0.318. The lowest BCUT2D eigenvalue weighted by molar-refractivity contribution is -0.162. The zero-order valence-corrected chi connectivity index (χ0v) is 20.4. The average molecular weight is 476 g/mol. The van der Waals surface area contributed by atoms with Gasteiger partial charge in [-0.25, -0.2) is 4.79 Å². The minimum absolute atomic E-state index is 0.203. The normalized spacial score (nSPS) is 25.1. The molecule has 1 heterocycles. The Morgan fingerprint density at radius 2 is 2.09 bits per heavy atom. The highest BCUT2D eigenvalue weighted by Crippen LogP contribution is 2.48. The molecule has 1 aromatic carbocycles. The van der Waals surface area contributed by atoms with Gasteiger partial charge in [-0.1, -0.05) is 74.0 Å². The maximum Gasteiger partial charge on any atom is 0.326 e. The van der Waals surface area contributed by atoms with Crippen LogP contribution < -0.4 is 0 Å². The first-order valence-corrected chi connectivity index (χ1v) is 11.5. The number of aliphatic carboxylic acids is 1. The fourth-order valence-electron chi connectivity index (χ4n) is 4.49. The number of amides is 1. The molecule has 0 radical (unpaired) electrons. The third kappa shape index (κ3) is 5.54. The molecule has 0 spiro atoms. The van der Waals surface area contributed by atoms with Crippen LogP contribution in [0.1, 0.15) is 51.5 Å². The summed E-state index contributed by atoms with van der Waals surface area (Å²) in [6.45, 7) is 13.5. The topological polar surface area (TPSA) is 57.6 Å². The molecule has 4 atom stereocenters. The second-order valence-electron chi connectivity index (χ2n) is 8.42. The zero-order chi connectivity index (χ0) is 24.1. The fourth-order valence-corrected chi connectivity index (χ4v) is 4.75. The van der Waals surface area contributed by atoms with Gasteiger partial charge in [-0.05, 0) is 55.5 Å².